The molecule has 0 saturated heterocycles. The first kappa shape index (κ1) is 12.9. The van der Waals surface area contributed by atoms with Crippen LogP contribution < -0.4 is 16.4 Å². The van der Waals surface area contributed by atoms with Crippen molar-refractivity contribution in [2.45, 2.75) is 0 Å². The Morgan fingerprint density at radius 1 is 1.44 bits per heavy atom. The SMILES string of the molecule is NCCNC(=S)Nc1cnc2cccnc2c1Cl. The fraction of sp³-hybridized carbons (Fsp3) is 0.182. The number of nitrogens with zero attached hydrogens (tertiary/aromatic N) is 2. The Hall–Kier alpha value is -1.50. The predicted octanol–water partition coefficient (Wildman–Crippen LogP) is 1.53. The summed E-state index contributed by atoms with van der Waals surface area (Å²) < 4.78 is 0. The summed E-state index contributed by atoms with van der Waals surface area (Å²) in [4.78, 5) is 8.45. The Kier molecular flexibility index (Phi) is 4.24. The third-order valence-corrected chi connectivity index (χ3v) is 2.87. The highest BCUT2D eigenvalue weighted by atomic mass is 35.5. The fourth-order valence-corrected chi connectivity index (χ4v) is 1.88. The summed E-state index contributed by atoms with van der Waals surface area (Å²) >= 11 is 11.3. The maximum absolute atomic E-state index is 6.24. The van der Waals surface area contributed by atoms with Gasteiger partial charge in [-0.1, -0.05) is 11.6 Å². The van der Waals surface area contributed by atoms with Crippen LogP contribution in [0.4, 0.5) is 5.69 Å². The summed E-state index contributed by atoms with van der Waals surface area (Å²) in [7, 11) is 0. The quantitative estimate of drug-likeness (QED) is 0.741. The molecule has 0 aliphatic heterocycles. The van der Waals surface area contributed by atoms with Gasteiger partial charge in [-0.15, -0.1) is 0 Å². The highest BCUT2D eigenvalue weighted by Crippen LogP contribution is 2.27. The number of halogens is 1. The van der Waals surface area contributed by atoms with Crippen LogP contribution in [0.3, 0.4) is 0 Å². The number of hydrogen-bond donors (Lipinski definition) is 3. The third-order valence-electron chi connectivity index (χ3n) is 2.24. The zero-order chi connectivity index (χ0) is 13.0. The second-order valence-corrected chi connectivity index (χ2v) is 4.31. The molecule has 94 valence electrons. The normalized spacial score (nSPS) is 10.3. The predicted molar refractivity (Wildman–Crippen MR) is 77.8 cm³/mol. The molecule has 2 rings (SSSR count). The van der Waals surface area contributed by atoms with Crippen LogP contribution in [0.25, 0.3) is 11.0 Å². The molecule has 2 aromatic rings. The Morgan fingerprint density at radius 2 is 2.28 bits per heavy atom. The standard InChI is InChI=1S/C11H12ClN5S/c12-9-8(17-11(18)15-5-3-13)6-16-7-2-1-4-14-10(7)9/h1-2,4,6H,3,5,13H2,(H2,15,17,18). The van der Waals surface area contributed by atoms with E-state index in [0.29, 0.717) is 34.4 Å². The van der Waals surface area contributed by atoms with Gasteiger partial charge in [0, 0.05) is 19.3 Å². The number of nitrogens with one attached hydrogen (secondary N) is 2. The minimum absolute atomic E-state index is 0.458. The number of anilines is 1. The molecule has 0 aliphatic rings. The Bertz CT molecular complexity index is 574. The number of pyridine rings is 2. The lowest BCUT2D eigenvalue weighted by Crippen LogP contribution is -2.32. The lowest BCUT2D eigenvalue weighted by Gasteiger charge is -2.11. The van der Waals surface area contributed by atoms with Crippen molar-refractivity contribution < 1.29 is 0 Å². The number of hydrogen-bond acceptors (Lipinski definition) is 4. The maximum atomic E-state index is 6.24. The molecule has 7 heteroatoms. The monoisotopic (exact) mass is 281 g/mol. The summed E-state index contributed by atoms with van der Waals surface area (Å²) in [5, 5.41) is 6.87. The van der Waals surface area contributed by atoms with Crippen LogP contribution in [-0.2, 0) is 0 Å². The van der Waals surface area contributed by atoms with Crippen LogP contribution >= 0.6 is 23.8 Å². The van der Waals surface area contributed by atoms with Crippen LogP contribution in [0.1, 0.15) is 0 Å². The van der Waals surface area contributed by atoms with Crippen molar-refractivity contribution >= 4 is 45.7 Å². The van der Waals surface area contributed by atoms with Gasteiger partial charge >= 0.3 is 0 Å². The molecule has 0 unspecified atom stereocenters. The average Bonchev–Trinajstić information content (AvgIpc) is 2.40. The molecule has 18 heavy (non-hydrogen) atoms. The summed E-state index contributed by atoms with van der Waals surface area (Å²) in [6.45, 7) is 1.11. The molecular weight excluding hydrogens is 270 g/mol. The van der Waals surface area contributed by atoms with Crippen molar-refractivity contribution in [1.29, 1.82) is 0 Å². The van der Waals surface area contributed by atoms with Crippen LogP contribution in [0.2, 0.25) is 5.02 Å². The molecule has 5 nitrogen and oxygen atoms in total. The minimum atomic E-state index is 0.458. The summed E-state index contributed by atoms with van der Waals surface area (Å²) in [6, 6.07) is 3.66. The van der Waals surface area contributed by atoms with Crippen LogP contribution in [0, 0.1) is 0 Å². The van der Waals surface area contributed by atoms with E-state index in [1.165, 1.54) is 0 Å². The second kappa shape index (κ2) is 5.90. The fourth-order valence-electron chi connectivity index (χ4n) is 1.43. The topological polar surface area (TPSA) is 75.9 Å². The molecular formula is C11H12ClN5S. The van der Waals surface area contributed by atoms with Crippen molar-refractivity contribution in [2.24, 2.45) is 5.73 Å². The first-order valence-corrected chi connectivity index (χ1v) is 6.15. The van der Waals surface area contributed by atoms with Crippen LogP contribution in [-0.4, -0.2) is 28.2 Å². The van der Waals surface area contributed by atoms with Crippen molar-refractivity contribution in [1.82, 2.24) is 15.3 Å². The molecule has 2 heterocycles. The minimum Gasteiger partial charge on any atom is -0.361 e. The highest BCUT2D eigenvalue weighted by molar-refractivity contribution is 7.80. The summed E-state index contributed by atoms with van der Waals surface area (Å²) in [6.07, 6.45) is 3.30. The van der Waals surface area contributed by atoms with Gasteiger partial charge in [-0.3, -0.25) is 9.97 Å². The number of fused-ring (bicyclic) bond motifs is 1. The molecule has 4 N–H and O–H groups in total. The van der Waals surface area contributed by atoms with Gasteiger partial charge in [0.2, 0.25) is 0 Å². The van der Waals surface area contributed by atoms with E-state index in [4.69, 9.17) is 29.6 Å². The van der Waals surface area contributed by atoms with E-state index < -0.39 is 0 Å². The molecule has 0 amide bonds. The number of nitrogens with two attached hydrogens (primary N) is 1. The molecule has 0 atom stereocenters. The molecule has 0 saturated carbocycles. The third kappa shape index (κ3) is 2.84. The second-order valence-electron chi connectivity index (χ2n) is 3.53. The molecule has 0 aliphatic carbocycles. The van der Waals surface area contributed by atoms with Crippen molar-refractivity contribution in [3.05, 3.63) is 29.5 Å². The van der Waals surface area contributed by atoms with Crippen LogP contribution in [0.5, 0.6) is 0 Å². The number of thiocarbonyl (C=S) groups is 1. The molecule has 0 radical (unpaired) electrons. The Balaban J connectivity index is 2.24. The largest absolute Gasteiger partial charge is 0.361 e. The van der Waals surface area contributed by atoms with Gasteiger partial charge in [0.25, 0.3) is 0 Å². The first-order valence-electron chi connectivity index (χ1n) is 5.36. The van der Waals surface area contributed by atoms with Gasteiger partial charge in [-0.25, -0.2) is 0 Å². The summed E-state index contributed by atoms with van der Waals surface area (Å²) in [5.41, 5.74) is 7.39. The molecule has 0 fully saturated rings. The van der Waals surface area contributed by atoms with Crippen molar-refractivity contribution in [3.63, 3.8) is 0 Å². The smallest absolute Gasteiger partial charge is 0.170 e. The molecule has 2 aromatic heterocycles. The zero-order valence-electron chi connectivity index (χ0n) is 9.48. The number of rotatable bonds is 3. The van der Waals surface area contributed by atoms with Gasteiger partial charge in [0.15, 0.2) is 5.11 Å². The maximum Gasteiger partial charge on any atom is 0.170 e. The van der Waals surface area contributed by atoms with Gasteiger partial charge in [-0.2, -0.15) is 0 Å². The van der Waals surface area contributed by atoms with E-state index in [0.717, 1.165) is 5.52 Å². The van der Waals surface area contributed by atoms with Gasteiger partial charge < -0.3 is 16.4 Å². The Morgan fingerprint density at radius 3 is 3.06 bits per heavy atom. The van der Waals surface area contributed by atoms with Gasteiger partial charge in [0.1, 0.15) is 5.52 Å². The zero-order valence-corrected chi connectivity index (χ0v) is 11.1. The van der Waals surface area contributed by atoms with Gasteiger partial charge in [-0.05, 0) is 24.4 Å². The Labute approximate surface area is 115 Å². The van der Waals surface area contributed by atoms with E-state index in [-0.39, 0.29) is 0 Å². The van der Waals surface area contributed by atoms with E-state index in [9.17, 15) is 0 Å². The van der Waals surface area contributed by atoms with E-state index >= 15 is 0 Å². The van der Waals surface area contributed by atoms with E-state index in [1.807, 2.05) is 12.1 Å². The summed E-state index contributed by atoms with van der Waals surface area (Å²) in [5.74, 6) is 0. The first-order chi connectivity index (χ1) is 8.72. The lowest BCUT2D eigenvalue weighted by molar-refractivity contribution is 0.883. The average molecular weight is 282 g/mol. The van der Waals surface area contributed by atoms with Crippen molar-refractivity contribution in [3.8, 4) is 0 Å². The number of aromatic nitrogens is 2. The van der Waals surface area contributed by atoms with Crippen LogP contribution in [0.15, 0.2) is 24.5 Å². The van der Waals surface area contributed by atoms with Gasteiger partial charge in [0.05, 0.1) is 22.4 Å². The lowest BCUT2D eigenvalue weighted by atomic mass is 10.3. The molecule has 0 aromatic carbocycles. The molecule has 0 bridgehead atoms. The van der Waals surface area contributed by atoms with E-state index in [1.54, 1.807) is 12.4 Å². The highest BCUT2D eigenvalue weighted by Gasteiger charge is 2.08. The van der Waals surface area contributed by atoms with E-state index in [2.05, 4.69) is 20.6 Å². The van der Waals surface area contributed by atoms with Crippen molar-refractivity contribution in [2.75, 3.05) is 18.4 Å². The molecule has 0 spiro atoms.